The van der Waals surface area contributed by atoms with Gasteiger partial charge in [-0.2, -0.15) is 0 Å². The van der Waals surface area contributed by atoms with Gasteiger partial charge in [0.25, 0.3) is 5.91 Å². The molecule has 1 aromatic carbocycles. The number of carbonyl (C=O) groups excluding carboxylic acids is 2. The second-order valence-corrected chi connectivity index (χ2v) is 9.61. The third kappa shape index (κ3) is 6.35. The van der Waals surface area contributed by atoms with Crippen molar-refractivity contribution in [2.24, 2.45) is 0 Å². The van der Waals surface area contributed by atoms with Crippen molar-refractivity contribution in [3.05, 3.63) is 39.8 Å². The number of aromatic nitrogens is 1. The van der Waals surface area contributed by atoms with Crippen LogP contribution in [0.3, 0.4) is 0 Å². The van der Waals surface area contributed by atoms with Gasteiger partial charge < -0.3 is 24.4 Å². The highest BCUT2D eigenvalue weighted by molar-refractivity contribution is 7.09. The van der Waals surface area contributed by atoms with Crippen molar-refractivity contribution in [3.63, 3.8) is 0 Å². The van der Waals surface area contributed by atoms with Crippen molar-refractivity contribution in [1.29, 1.82) is 0 Å². The van der Waals surface area contributed by atoms with Gasteiger partial charge in [-0.25, -0.2) is 9.78 Å². The molecule has 0 unspecified atom stereocenters. The second kappa shape index (κ2) is 10.2. The minimum absolute atomic E-state index is 0.222. The summed E-state index contributed by atoms with van der Waals surface area (Å²) in [6, 6.07) is 5.49. The molecule has 0 bridgehead atoms. The summed E-state index contributed by atoms with van der Waals surface area (Å²) in [4.78, 5) is 31.1. The molecular weight excluding hydrogens is 430 g/mol. The SMILES string of the molecule is COc1cc(CNC(=O)c2csc(C3CCN(C(=O)OC(C)(C)C)CC3)n2)cc(OC)c1. The highest BCUT2D eigenvalue weighted by atomic mass is 32.1. The van der Waals surface area contributed by atoms with Gasteiger partial charge in [0, 0.05) is 37.0 Å². The standard InChI is InChI=1S/C23H31N3O5S/c1-23(2,3)31-22(28)26-8-6-16(7-9-26)21-25-19(14-32-21)20(27)24-13-15-10-17(29-4)12-18(11-15)30-5/h10-12,14,16H,6-9,13H2,1-5H3,(H,24,27). The first-order valence-electron chi connectivity index (χ1n) is 10.6. The normalized spacial score (nSPS) is 14.7. The molecule has 8 nitrogen and oxygen atoms in total. The van der Waals surface area contributed by atoms with Crippen LogP contribution in [0.15, 0.2) is 23.6 Å². The maximum atomic E-state index is 12.6. The molecule has 1 fully saturated rings. The van der Waals surface area contributed by atoms with Crippen molar-refractivity contribution in [2.75, 3.05) is 27.3 Å². The number of hydrogen-bond donors (Lipinski definition) is 1. The van der Waals surface area contributed by atoms with E-state index in [4.69, 9.17) is 14.2 Å². The summed E-state index contributed by atoms with van der Waals surface area (Å²) in [5.74, 6) is 1.35. The Morgan fingerprint density at radius 2 is 1.75 bits per heavy atom. The minimum Gasteiger partial charge on any atom is -0.497 e. The van der Waals surface area contributed by atoms with E-state index in [9.17, 15) is 9.59 Å². The zero-order valence-corrected chi connectivity index (χ0v) is 20.1. The van der Waals surface area contributed by atoms with Gasteiger partial charge in [0.05, 0.1) is 19.2 Å². The van der Waals surface area contributed by atoms with Crippen molar-refractivity contribution in [1.82, 2.24) is 15.2 Å². The zero-order chi connectivity index (χ0) is 23.3. The summed E-state index contributed by atoms with van der Waals surface area (Å²) in [6.45, 7) is 7.18. The summed E-state index contributed by atoms with van der Waals surface area (Å²) < 4.78 is 16.0. The van der Waals surface area contributed by atoms with Crippen LogP contribution in [0.2, 0.25) is 0 Å². The second-order valence-electron chi connectivity index (χ2n) is 8.72. The van der Waals surface area contributed by atoms with Gasteiger partial charge >= 0.3 is 6.09 Å². The summed E-state index contributed by atoms with van der Waals surface area (Å²) >= 11 is 1.49. The van der Waals surface area contributed by atoms with Crippen LogP contribution < -0.4 is 14.8 Å². The Balaban J connectivity index is 1.54. The van der Waals surface area contributed by atoms with E-state index in [-0.39, 0.29) is 17.9 Å². The molecule has 1 saturated heterocycles. The molecule has 9 heteroatoms. The lowest BCUT2D eigenvalue weighted by atomic mass is 9.98. The van der Waals surface area contributed by atoms with Crippen LogP contribution in [-0.2, 0) is 11.3 Å². The van der Waals surface area contributed by atoms with Gasteiger partial charge in [0.15, 0.2) is 0 Å². The predicted molar refractivity (Wildman–Crippen MR) is 123 cm³/mol. The molecule has 0 aliphatic carbocycles. The van der Waals surface area contributed by atoms with Gasteiger partial charge in [0.2, 0.25) is 0 Å². The summed E-state index contributed by atoms with van der Waals surface area (Å²) in [5, 5.41) is 5.62. The number of carbonyl (C=O) groups is 2. The van der Waals surface area contributed by atoms with Crippen molar-refractivity contribution in [3.8, 4) is 11.5 Å². The highest BCUT2D eigenvalue weighted by Gasteiger charge is 2.29. The maximum absolute atomic E-state index is 12.6. The number of amides is 2. The topological polar surface area (TPSA) is 90.0 Å². The quantitative estimate of drug-likeness (QED) is 0.693. The predicted octanol–water partition coefficient (Wildman–Crippen LogP) is 4.20. The number of nitrogens with zero attached hydrogens (tertiary/aromatic N) is 2. The maximum Gasteiger partial charge on any atom is 0.410 e. The van der Waals surface area contributed by atoms with Gasteiger partial charge in [-0.05, 0) is 51.3 Å². The Bertz CT molecular complexity index is 923. The zero-order valence-electron chi connectivity index (χ0n) is 19.3. The molecule has 1 aliphatic heterocycles. The van der Waals surface area contributed by atoms with E-state index < -0.39 is 5.60 Å². The fraction of sp³-hybridized carbons (Fsp3) is 0.522. The van der Waals surface area contributed by atoms with Crippen LogP contribution in [0.5, 0.6) is 11.5 Å². The van der Waals surface area contributed by atoms with Crippen LogP contribution in [0.1, 0.15) is 60.6 Å². The lowest BCUT2D eigenvalue weighted by molar-refractivity contribution is 0.0204. The van der Waals surface area contributed by atoms with E-state index in [1.807, 2.05) is 32.9 Å². The van der Waals surface area contributed by atoms with Crippen LogP contribution in [0.4, 0.5) is 4.79 Å². The average Bonchev–Trinajstić information content (AvgIpc) is 3.26. The molecule has 0 atom stereocenters. The fourth-order valence-corrected chi connectivity index (χ4v) is 4.43. The number of methoxy groups -OCH3 is 2. The van der Waals surface area contributed by atoms with E-state index in [0.29, 0.717) is 36.8 Å². The third-order valence-electron chi connectivity index (χ3n) is 5.11. The van der Waals surface area contributed by atoms with E-state index in [0.717, 1.165) is 23.4 Å². The molecule has 0 radical (unpaired) electrons. The first kappa shape index (κ1) is 23.8. The molecule has 0 saturated carbocycles. The molecule has 2 aromatic rings. The number of thiazole rings is 1. The first-order chi connectivity index (χ1) is 15.2. The molecule has 32 heavy (non-hydrogen) atoms. The number of rotatable bonds is 6. The number of ether oxygens (including phenoxy) is 3. The third-order valence-corrected chi connectivity index (χ3v) is 6.12. The average molecular weight is 462 g/mol. The Kier molecular flexibility index (Phi) is 7.60. The molecule has 1 N–H and O–H groups in total. The van der Waals surface area contributed by atoms with Crippen LogP contribution in [0.25, 0.3) is 0 Å². The Morgan fingerprint density at radius 3 is 2.31 bits per heavy atom. The van der Waals surface area contributed by atoms with Crippen molar-refractivity contribution < 1.29 is 23.8 Å². The summed E-state index contributed by atoms with van der Waals surface area (Å²) in [5.41, 5.74) is 0.788. The van der Waals surface area contributed by atoms with Gasteiger partial charge in [-0.3, -0.25) is 4.79 Å². The number of piperidine rings is 1. The molecule has 2 amide bonds. The molecule has 1 aliphatic rings. The van der Waals surface area contributed by atoms with Crippen LogP contribution in [0, 0.1) is 0 Å². The smallest absolute Gasteiger partial charge is 0.410 e. The van der Waals surface area contributed by atoms with Crippen molar-refractivity contribution >= 4 is 23.3 Å². The Labute approximate surface area is 192 Å². The van der Waals surface area contributed by atoms with E-state index in [2.05, 4.69) is 10.3 Å². The molecule has 174 valence electrons. The molecule has 1 aromatic heterocycles. The van der Waals surface area contributed by atoms with E-state index in [1.54, 1.807) is 30.6 Å². The Morgan fingerprint density at radius 1 is 1.12 bits per heavy atom. The number of benzene rings is 1. The van der Waals surface area contributed by atoms with E-state index in [1.165, 1.54) is 11.3 Å². The monoisotopic (exact) mass is 461 g/mol. The highest BCUT2D eigenvalue weighted by Crippen LogP contribution is 2.31. The van der Waals surface area contributed by atoms with Gasteiger partial charge in [-0.1, -0.05) is 0 Å². The van der Waals surface area contributed by atoms with Crippen molar-refractivity contribution in [2.45, 2.75) is 51.7 Å². The van der Waals surface area contributed by atoms with Gasteiger partial charge in [0.1, 0.15) is 22.8 Å². The number of likely N-dealkylation sites (tertiary alicyclic amines) is 1. The largest absolute Gasteiger partial charge is 0.497 e. The number of nitrogens with one attached hydrogen (secondary N) is 1. The van der Waals surface area contributed by atoms with Crippen LogP contribution >= 0.6 is 11.3 Å². The van der Waals surface area contributed by atoms with Crippen LogP contribution in [-0.4, -0.2) is 54.8 Å². The minimum atomic E-state index is -0.498. The summed E-state index contributed by atoms with van der Waals surface area (Å²) in [7, 11) is 3.18. The lowest BCUT2D eigenvalue weighted by Gasteiger charge is -2.32. The molecular formula is C23H31N3O5S. The number of hydrogen-bond acceptors (Lipinski definition) is 7. The lowest BCUT2D eigenvalue weighted by Crippen LogP contribution is -2.41. The Hall–Kier alpha value is -2.81. The fourth-order valence-electron chi connectivity index (χ4n) is 3.46. The van der Waals surface area contributed by atoms with E-state index >= 15 is 0 Å². The van der Waals surface area contributed by atoms with Gasteiger partial charge in [-0.15, -0.1) is 11.3 Å². The molecule has 0 spiro atoms. The summed E-state index contributed by atoms with van der Waals surface area (Å²) in [6.07, 6.45) is 1.33. The molecule has 3 rings (SSSR count). The first-order valence-corrected chi connectivity index (χ1v) is 11.5. The molecule has 2 heterocycles.